The molecule has 3 nitrogen and oxygen atoms in total. The van der Waals surface area contributed by atoms with Crippen molar-refractivity contribution in [1.29, 1.82) is 0 Å². The second-order valence-electron chi connectivity index (χ2n) is 6.61. The lowest BCUT2D eigenvalue weighted by molar-refractivity contribution is 0.112. The van der Waals surface area contributed by atoms with Crippen molar-refractivity contribution < 1.29 is 9.53 Å². The first-order chi connectivity index (χ1) is 13.7. The van der Waals surface area contributed by atoms with Crippen LogP contribution in [0.4, 0.5) is 5.69 Å². The van der Waals surface area contributed by atoms with Gasteiger partial charge in [-0.1, -0.05) is 37.3 Å². The number of thiophene rings is 1. The van der Waals surface area contributed by atoms with Gasteiger partial charge in [-0.15, -0.1) is 11.3 Å². The first kappa shape index (κ1) is 19.9. The van der Waals surface area contributed by atoms with Crippen LogP contribution in [0.3, 0.4) is 0 Å². The van der Waals surface area contributed by atoms with E-state index in [0.717, 1.165) is 51.6 Å². The number of hydrogen-bond donors (Lipinski definition) is 0. The Morgan fingerprint density at radius 1 is 1.00 bits per heavy atom. The van der Waals surface area contributed by atoms with Crippen LogP contribution in [0.25, 0.3) is 12.2 Å². The molecule has 0 aliphatic carbocycles. The zero-order valence-electron chi connectivity index (χ0n) is 16.3. The molecule has 0 unspecified atom stereocenters. The van der Waals surface area contributed by atoms with Crippen molar-refractivity contribution in [2.75, 3.05) is 18.5 Å². The van der Waals surface area contributed by atoms with Crippen molar-refractivity contribution in [2.45, 2.75) is 20.0 Å². The van der Waals surface area contributed by atoms with Crippen LogP contribution < -0.4 is 9.64 Å². The van der Waals surface area contributed by atoms with Crippen LogP contribution in [0.15, 0.2) is 60.7 Å². The van der Waals surface area contributed by atoms with Gasteiger partial charge >= 0.3 is 0 Å². The fourth-order valence-corrected chi connectivity index (χ4v) is 3.64. The van der Waals surface area contributed by atoms with E-state index in [0.29, 0.717) is 6.61 Å². The Balaban J connectivity index is 1.84. The second-order valence-corrected chi connectivity index (χ2v) is 7.76. The average molecular weight is 392 g/mol. The van der Waals surface area contributed by atoms with E-state index in [2.05, 4.69) is 49.2 Å². The molecular formula is C24H25NO2S. The number of ether oxygens (including phenoxy) is 1. The predicted molar refractivity (Wildman–Crippen MR) is 119 cm³/mol. The van der Waals surface area contributed by atoms with Crippen LogP contribution >= 0.6 is 11.3 Å². The maximum Gasteiger partial charge on any atom is 0.160 e. The van der Waals surface area contributed by atoms with Crippen LogP contribution in [-0.4, -0.2) is 19.9 Å². The Hall–Kier alpha value is -2.85. The van der Waals surface area contributed by atoms with E-state index in [4.69, 9.17) is 4.74 Å². The van der Waals surface area contributed by atoms with Crippen LogP contribution in [0.5, 0.6) is 5.75 Å². The topological polar surface area (TPSA) is 29.5 Å². The van der Waals surface area contributed by atoms with Crippen molar-refractivity contribution in [3.63, 3.8) is 0 Å². The molecule has 0 amide bonds. The van der Waals surface area contributed by atoms with Gasteiger partial charge in [0.25, 0.3) is 0 Å². The molecule has 0 saturated heterocycles. The molecule has 3 aromatic rings. The van der Waals surface area contributed by atoms with Gasteiger partial charge in [-0.05, 0) is 48.4 Å². The first-order valence-corrected chi connectivity index (χ1v) is 10.3. The zero-order chi connectivity index (χ0) is 19.8. The third-order valence-electron chi connectivity index (χ3n) is 4.42. The number of anilines is 1. The molecule has 2 aromatic carbocycles. The fraction of sp³-hybridized carbons (Fsp3) is 0.208. The molecule has 0 fully saturated rings. The number of rotatable bonds is 9. The highest BCUT2D eigenvalue weighted by atomic mass is 32.1. The summed E-state index contributed by atoms with van der Waals surface area (Å²) in [5, 5.41) is 0. The highest BCUT2D eigenvalue weighted by Crippen LogP contribution is 2.29. The van der Waals surface area contributed by atoms with Crippen LogP contribution in [0, 0.1) is 0 Å². The zero-order valence-corrected chi connectivity index (χ0v) is 17.1. The minimum atomic E-state index is 0.525. The Kier molecular flexibility index (Phi) is 7.04. The smallest absolute Gasteiger partial charge is 0.160 e. The monoisotopic (exact) mass is 391 g/mol. The summed E-state index contributed by atoms with van der Waals surface area (Å²) >= 11 is 1.48. The summed E-state index contributed by atoms with van der Waals surface area (Å²) in [6.07, 6.45) is 6.05. The van der Waals surface area contributed by atoms with Crippen LogP contribution in [-0.2, 0) is 6.61 Å². The third-order valence-corrected chi connectivity index (χ3v) is 5.40. The maximum atomic E-state index is 10.9. The molecule has 0 spiro atoms. The fourth-order valence-electron chi connectivity index (χ4n) is 2.92. The van der Waals surface area contributed by atoms with E-state index in [-0.39, 0.29) is 0 Å². The van der Waals surface area contributed by atoms with Gasteiger partial charge in [0, 0.05) is 35.8 Å². The van der Waals surface area contributed by atoms with E-state index in [1.165, 1.54) is 11.3 Å². The summed E-state index contributed by atoms with van der Waals surface area (Å²) in [6, 6.07) is 20.3. The summed E-state index contributed by atoms with van der Waals surface area (Å²) in [6.45, 7) is 3.70. The standard InChI is InChI=1S/C24H25NO2S/c1-3-15-25(2)21-11-9-20(10-12-22-13-14-23(17-26)28-22)24(16-21)27-18-19-7-5-4-6-8-19/h4-14,16-17H,3,15,18H2,1-2H3/b12-10+. The number of nitrogens with zero attached hydrogens (tertiary/aromatic N) is 1. The van der Waals surface area contributed by atoms with Gasteiger partial charge in [0.05, 0.1) is 4.88 Å². The van der Waals surface area contributed by atoms with Gasteiger partial charge in [-0.2, -0.15) is 0 Å². The van der Waals surface area contributed by atoms with Gasteiger partial charge in [-0.3, -0.25) is 4.79 Å². The SMILES string of the molecule is CCCN(C)c1ccc(/C=C/c2ccc(C=O)s2)c(OCc2ccccc2)c1. The van der Waals surface area contributed by atoms with Crippen molar-refractivity contribution in [3.05, 3.63) is 81.5 Å². The summed E-state index contributed by atoms with van der Waals surface area (Å²) in [5.74, 6) is 0.854. The van der Waals surface area contributed by atoms with Crippen molar-refractivity contribution >= 4 is 35.5 Å². The molecule has 0 N–H and O–H groups in total. The third kappa shape index (κ3) is 5.33. The lowest BCUT2D eigenvalue weighted by Crippen LogP contribution is -2.17. The summed E-state index contributed by atoms with van der Waals surface area (Å²) in [5.41, 5.74) is 3.30. The molecule has 0 aliphatic rings. The number of carbonyl (C=O) groups is 1. The molecule has 144 valence electrons. The number of benzene rings is 2. The molecule has 0 saturated carbocycles. The Bertz CT molecular complexity index is 931. The van der Waals surface area contributed by atoms with E-state index in [9.17, 15) is 4.79 Å². The van der Waals surface area contributed by atoms with E-state index >= 15 is 0 Å². The highest BCUT2D eigenvalue weighted by Gasteiger charge is 2.07. The predicted octanol–water partition coefficient (Wildman–Crippen LogP) is 6.16. The molecule has 4 heteroatoms. The normalized spacial score (nSPS) is 10.9. The summed E-state index contributed by atoms with van der Waals surface area (Å²) in [4.78, 5) is 14.9. The molecule has 1 heterocycles. The lowest BCUT2D eigenvalue weighted by Gasteiger charge is -2.20. The van der Waals surface area contributed by atoms with Gasteiger partial charge in [0.2, 0.25) is 0 Å². The highest BCUT2D eigenvalue weighted by molar-refractivity contribution is 7.14. The Morgan fingerprint density at radius 2 is 1.79 bits per heavy atom. The first-order valence-electron chi connectivity index (χ1n) is 9.44. The number of carbonyl (C=O) groups excluding carboxylic acids is 1. The summed E-state index contributed by atoms with van der Waals surface area (Å²) in [7, 11) is 2.10. The molecule has 0 aliphatic heterocycles. The van der Waals surface area contributed by atoms with E-state index in [1.54, 1.807) is 0 Å². The minimum Gasteiger partial charge on any atom is -0.488 e. The minimum absolute atomic E-state index is 0.525. The second kappa shape index (κ2) is 9.90. The molecule has 1 aromatic heterocycles. The molecule has 3 rings (SSSR count). The lowest BCUT2D eigenvalue weighted by atomic mass is 10.1. The number of hydrogen-bond acceptors (Lipinski definition) is 4. The van der Waals surface area contributed by atoms with Crippen molar-refractivity contribution in [2.24, 2.45) is 0 Å². The quantitative estimate of drug-likeness (QED) is 0.409. The Labute approximate surface area is 170 Å². The molecule has 0 radical (unpaired) electrons. The van der Waals surface area contributed by atoms with E-state index < -0.39 is 0 Å². The average Bonchev–Trinajstić information content (AvgIpc) is 3.20. The molecule has 0 bridgehead atoms. The molecule has 28 heavy (non-hydrogen) atoms. The van der Waals surface area contributed by atoms with Crippen molar-refractivity contribution in [3.8, 4) is 5.75 Å². The van der Waals surface area contributed by atoms with Gasteiger partial charge in [0.1, 0.15) is 12.4 Å². The largest absolute Gasteiger partial charge is 0.488 e. The summed E-state index contributed by atoms with van der Waals surface area (Å²) < 4.78 is 6.18. The van der Waals surface area contributed by atoms with Crippen LogP contribution in [0.1, 0.15) is 39.0 Å². The van der Waals surface area contributed by atoms with E-state index in [1.807, 2.05) is 42.5 Å². The molecular weight excluding hydrogens is 366 g/mol. The van der Waals surface area contributed by atoms with Gasteiger partial charge < -0.3 is 9.64 Å². The molecule has 0 atom stereocenters. The maximum absolute atomic E-state index is 10.9. The van der Waals surface area contributed by atoms with Gasteiger partial charge in [0.15, 0.2) is 6.29 Å². The number of aldehydes is 1. The van der Waals surface area contributed by atoms with Crippen molar-refractivity contribution in [1.82, 2.24) is 0 Å². The Morgan fingerprint density at radius 3 is 2.50 bits per heavy atom. The van der Waals surface area contributed by atoms with Crippen LogP contribution in [0.2, 0.25) is 0 Å². The van der Waals surface area contributed by atoms with Gasteiger partial charge in [-0.25, -0.2) is 0 Å².